The molecule has 2 aromatic heterocycles. The second-order valence-corrected chi connectivity index (χ2v) is 9.30. The first-order chi connectivity index (χ1) is 16.1. The van der Waals surface area contributed by atoms with Gasteiger partial charge in [0.15, 0.2) is 5.11 Å². The Hall–Kier alpha value is -2.87. The van der Waals surface area contributed by atoms with E-state index in [0.29, 0.717) is 15.9 Å². The normalized spacial score (nSPS) is 17.8. The molecule has 1 aliphatic rings. The van der Waals surface area contributed by atoms with Crippen molar-refractivity contribution in [3.8, 4) is 11.4 Å². The van der Waals surface area contributed by atoms with Crippen LogP contribution >= 0.6 is 39.7 Å². The van der Waals surface area contributed by atoms with Gasteiger partial charge in [0, 0.05) is 33.9 Å². The lowest BCUT2D eigenvalue weighted by Crippen LogP contribution is -2.30. The minimum absolute atomic E-state index is 0.149. The van der Waals surface area contributed by atoms with Crippen molar-refractivity contribution in [3.63, 3.8) is 0 Å². The first-order valence-electron chi connectivity index (χ1n) is 10.3. The van der Waals surface area contributed by atoms with E-state index in [2.05, 4.69) is 60.1 Å². The monoisotopic (exact) mass is 538 g/mol. The third-order valence-electron chi connectivity index (χ3n) is 5.70. The molecule has 0 unspecified atom stereocenters. The van der Waals surface area contributed by atoms with Crippen molar-refractivity contribution in [2.45, 2.75) is 12.1 Å². The lowest BCUT2D eigenvalue weighted by molar-refractivity contribution is 0.415. The number of halogens is 2. The molecule has 0 spiro atoms. The molecular weight excluding hydrogens is 520 g/mol. The summed E-state index contributed by atoms with van der Waals surface area (Å²) < 4.78 is 8.56. The van der Waals surface area contributed by atoms with E-state index in [9.17, 15) is 0 Å². The molecule has 166 valence electrons. The standard InChI is InChI=1S/C25H20BrClN4OS/c1-32-22-12-11-18(15-19(22)27)31-24(23(29-25(31)33)20-5-2-3-13-28-20)21-6-4-14-30(21)17-9-7-16(26)8-10-17/h2-15,23-24H,1H3,(H,29,33)/t23-,24+/m1/s1. The predicted octanol–water partition coefficient (Wildman–Crippen LogP) is 6.47. The van der Waals surface area contributed by atoms with Crippen LogP contribution in [-0.2, 0) is 0 Å². The highest BCUT2D eigenvalue weighted by atomic mass is 79.9. The Bertz CT molecular complexity index is 1300. The average Bonchev–Trinajstić information content (AvgIpc) is 3.44. The van der Waals surface area contributed by atoms with Gasteiger partial charge in [-0.3, -0.25) is 4.98 Å². The number of thiocarbonyl (C=S) groups is 1. The van der Waals surface area contributed by atoms with Crippen LogP contribution in [-0.4, -0.2) is 21.8 Å². The second kappa shape index (κ2) is 9.17. The maximum atomic E-state index is 6.49. The zero-order chi connectivity index (χ0) is 22.9. The lowest BCUT2D eigenvalue weighted by atomic mass is 10.0. The summed E-state index contributed by atoms with van der Waals surface area (Å²) in [6.45, 7) is 0. The molecule has 5 rings (SSSR count). The molecule has 2 atom stereocenters. The van der Waals surface area contributed by atoms with Crippen LogP contribution in [0.25, 0.3) is 5.69 Å². The van der Waals surface area contributed by atoms with Crippen molar-refractivity contribution in [1.82, 2.24) is 14.9 Å². The number of aromatic nitrogens is 2. The SMILES string of the molecule is COc1ccc(N2C(=S)N[C@H](c3ccccn3)[C@@H]2c2cccn2-c2ccc(Br)cc2)cc1Cl. The Kier molecular flexibility index (Phi) is 6.10. The van der Waals surface area contributed by atoms with Gasteiger partial charge >= 0.3 is 0 Å². The zero-order valence-corrected chi connectivity index (χ0v) is 20.8. The average molecular weight is 540 g/mol. The molecule has 1 N–H and O–H groups in total. The summed E-state index contributed by atoms with van der Waals surface area (Å²) in [4.78, 5) is 6.73. The lowest BCUT2D eigenvalue weighted by Gasteiger charge is -2.29. The summed E-state index contributed by atoms with van der Waals surface area (Å²) in [7, 11) is 1.61. The van der Waals surface area contributed by atoms with Gasteiger partial charge in [-0.15, -0.1) is 0 Å². The van der Waals surface area contributed by atoms with Gasteiger partial charge in [0.1, 0.15) is 11.8 Å². The van der Waals surface area contributed by atoms with E-state index in [1.54, 1.807) is 13.3 Å². The third-order valence-corrected chi connectivity index (χ3v) is 6.84. The fourth-order valence-electron chi connectivity index (χ4n) is 4.21. The highest BCUT2D eigenvalue weighted by Gasteiger charge is 2.42. The van der Waals surface area contributed by atoms with Gasteiger partial charge < -0.3 is 19.5 Å². The summed E-state index contributed by atoms with van der Waals surface area (Å²) in [5.41, 5.74) is 3.93. The summed E-state index contributed by atoms with van der Waals surface area (Å²) in [6, 6.07) is 23.7. The third kappa shape index (κ3) is 4.12. The van der Waals surface area contributed by atoms with E-state index < -0.39 is 0 Å². The maximum absolute atomic E-state index is 6.49. The van der Waals surface area contributed by atoms with E-state index in [1.165, 1.54) is 0 Å². The van der Waals surface area contributed by atoms with Crippen LogP contribution in [0.2, 0.25) is 5.02 Å². The number of methoxy groups -OCH3 is 1. The van der Waals surface area contributed by atoms with Crippen molar-refractivity contribution in [1.29, 1.82) is 0 Å². The molecule has 33 heavy (non-hydrogen) atoms. The van der Waals surface area contributed by atoms with Crippen LogP contribution in [0.5, 0.6) is 5.75 Å². The molecule has 0 saturated carbocycles. The molecule has 4 aromatic rings. The molecule has 1 aliphatic heterocycles. The second-order valence-electron chi connectivity index (χ2n) is 7.59. The van der Waals surface area contributed by atoms with Crippen molar-refractivity contribution in [2.24, 2.45) is 0 Å². The van der Waals surface area contributed by atoms with E-state index in [1.807, 2.05) is 54.6 Å². The van der Waals surface area contributed by atoms with Crippen LogP contribution in [0.4, 0.5) is 5.69 Å². The summed E-state index contributed by atoms with van der Waals surface area (Å²) in [5.74, 6) is 0.620. The molecular formula is C25H20BrClN4OS. The van der Waals surface area contributed by atoms with Crippen LogP contribution < -0.4 is 15.0 Å². The summed E-state index contributed by atoms with van der Waals surface area (Å²) in [5, 5.41) is 4.63. The Morgan fingerprint density at radius 3 is 2.52 bits per heavy atom. The quantitative estimate of drug-likeness (QED) is 0.294. The van der Waals surface area contributed by atoms with Crippen LogP contribution in [0, 0.1) is 0 Å². The van der Waals surface area contributed by atoms with Gasteiger partial charge in [-0.25, -0.2) is 0 Å². The maximum Gasteiger partial charge on any atom is 0.174 e. The first-order valence-corrected chi connectivity index (χ1v) is 11.9. The molecule has 0 bridgehead atoms. The first kappa shape index (κ1) is 21.9. The Morgan fingerprint density at radius 1 is 1.03 bits per heavy atom. The molecule has 2 aromatic carbocycles. The summed E-state index contributed by atoms with van der Waals surface area (Å²) >= 11 is 15.8. The number of hydrogen-bond acceptors (Lipinski definition) is 3. The minimum Gasteiger partial charge on any atom is -0.495 e. The topological polar surface area (TPSA) is 42.3 Å². The highest BCUT2D eigenvalue weighted by molar-refractivity contribution is 9.10. The van der Waals surface area contributed by atoms with Crippen molar-refractivity contribution in [2.75, 3.05) is 12.0 Å². The predicted molar refractivity (Wildman–Crippen MR) is 139 cm³/mol. The Morgan fingerprint density at radius 2 is 1.82 bits per heavy atom. The number of nitrogens with one attached hydrogen (secondary N) is 1. The molecule has 3 heterocycles. The Labute approximate surface area is 211 Å². The molecule has 0 amide bonds. The number of benzene rings is 2. The highest BCUT2D eigenvalue weighted by Crippen LogP contribution is 2.43. The molecule has 1 fully saturated rings. The fourth-order valence-corrected chi connectivity index (χ4v) is 5.07. The summed E-state index contributed by atoms with van der Waals surface area (Å²) in [6.07, 6.45) is 3.87. The number of hydrogen-bond donors (Lipinski definition) is 1. The van der Waals surface area contributed by atoms with Gasteiger partial charge in [0.05, 0.1) is 23.9 Å². The van der Waals surface area contributed by atoms with Gasteiger partial charge in [-0.1, -0.05) is 33.6 Å². The van der Waals surface area contributed by atoms with Gasteiger partial charge in [-0.05, 0) is 78.9 Å². The van der Waals surface area contributed by atoms with Crippen molar-refractivity contribution < 1.29 is 4.74 Å². The molecule has 8 heteroatoms. The fraction of sp³-hybridized carbons (Fsp3) is 0.120. The molecule has 0 radical (unpaired) electrons. The van der Waals surface area contributed by atoms with E-state index >= 15 is 0 Å². The number of anilines is 1. The van der Waals surface area contributed by atoms with Crippen molar-refractivity contribution >= 4 is 50.5 Å². The van der Waals surface area contributed by atoms with E-state index in [-0.39, 0.29) is 12.1 Å². The number of ether oxygens (including phenoxy) is 1. The molecule has 0 aliphatic carbocycles. The van der Waals surface area contributed by atoms with Crippen molar-refractivity contribution in [3.05, 3.63) is 106 Å². The number of pyridine rings is 1. The number of rotatable bonds is 5. The van der Waals surface area contributed by atoms with Gasteiger partial charge in [0.2, 0.25) is 0 Å². The molecule has 5 nitrogen and oxygen atoms in total. The van der Waals surface area contributed by atoms with Gasteiger partial charge in [0.25, 0.3) is 0 Å². The number of nitrogens with zero attached hydrogens (tertiary/aromatic N) is 3. The minimum atomic E-state index is -0.157. The van der Waals surface area contributed by atoms with Crippen LogP contribution in [0.15, 0.2) is 89.7 Å². The van der Waals surface area contributed by atoms with Gasteiger partial charge in [-0.2, -0.15) is 0 Å². The Balaban J connectivity index is 1.66. The molecule has 1 saturated heterocycles. The van der Waals surface area contributed by atoms with Crippen LogP contribution in [0.3, 0.4) is 0 Å². The largest absolute Gasteiger partial charge is 0.495 e. The van der Waals surface area contributed by atoms with E-state index in [0.717, 1.165) is 27.2 Å². The van der Waals surface area contributed by atoms with Crippen LogP contribution in [0.1, 0.15) is 23.5 Å². The zero-order valence-electron chi connectivity index (χ0n) is 17.7. The smallest absolute Gasteiger partial charge is 0.174 e. The van der Waals surface area contributed by atoms with E-state index in [4.69, 9.17) is 28.6 Å².